The Hall–Kier alpha value is -0.140. The van der Waals surface area contributed by atoms with Gasteiger partial charge in [0.25, 0.3) is 0 Å². The van der Waals surface area contributed by atoms with Crippen LogP contribution in [0.1, 0.15) is 12.8 Å². The third kappa shape index (κ3) is 7.19. The first-order valence-electron chi connectivity index (χ1n) is 5.03. The van der Waals surface area contributed by atoms with E-state index in [0.29, 0.717) is 6.42 Å². The molecule has 0 aliphatic rings. The van der Waals surface area contributed by atoms with E-state index in [2.05, 4.69) is 33.9 Å². The highest BCUT2D eigenvalue weighted by atomic mass is 127. The standard InChI is InChI=1S/C11H19IO4/c1-4-9(6-11(13)15-3)5-10(7-12)16-8-14-2/h4,9-10H,1,5-8H2,2-3H3/t9-,10+/m1/s1. The summed E-state index contributed by atoms with van der Waals surface area (Å²) in [5.41, 5.74) is 0. The van der Waals surface area contributed by atoms with Gasteiger partial charge in [0.2, 0.25) is 0 Å². The van der Waals surface area contributed by atoms with Crippen LogP contribution in [0.4, 0.5) is 0 Å². The minimum atomic E-state index is -0.219. The summed E-state index contributed by atoms with van der Waals surface area (Å²) in [7, 11) is 2.98. The van der Waals surface area contributed by atoms with Gasteiger partial charge in [-0.05, 0) is 12.3 Å². The van der Waals surface area contributed by atoms with Gasteiger partial charge in [-0.25, -0.2) is 0 Å². The second kappa shape index (κ2) is 10.0. The van der Waals surface area contributed by atoms with Crippen LogP contribution in [0.5, 0.6) is 0 Å². The molecule has 4 nitrogen and oxygen atoms in total. The highest BCUT2D eigenvalue weighted by molar-refractivity contribution is 14.1. The Bertz CT molecular complexity index is 208. The fourth-order valence-corrected chi connectivity index (χ4v) is 1.85. The van der Waals surface area contributed by atoms with E-state index in [0.717, 1.165) is 10.8 Å². The Morgan fingerprint density at radius 3 is 2.62 bits per heavy atom. The van der Waals surface area contributed by atoms with Gasteiger partial charge in [0.15, 0.2) is 0 Å². The number of methoxy groups -OCH3 is 2. The summed E-state index contributed by atoms with van der Waals surface area (Å²) in [6, 6.07) is 0. The van der Waals surface area contributed by atoms with Gasteiger partial charge in [0.1, 0.15) is 6.79 Å². The molecule has 0 radical (unpaired) electrons. The molecule has 0 unspecified atom stereocenters. The highest BCUT2D eigenvalue weighted by Gasteiger charge is 2.17. The number of rotatable bonds is 9. The lowest BCUT2D eigenvalue weighted by molar-refractivity contribution is -0.141. The fourth-order valence-electron chi connectivity index (χ4n) is 1.24. The molecule has 0 bridgehead atoms. The zero-order chi connectivity index (χ0) is 12.4. The number of alkyl halides is 1. The second-order valence-corrected chi connectivity index (χ2v) is 4.24. The average Bonchev–Trinajstić information content (AvgIpc) is 2.32. The topological polar surface area (TPSA) is 44.8 Å². The van der Waals surface area contributed by atoms with Gasteiger partial charge in [-0.15, -0.1) is 6.58 Å². The number of esters is 1. The maximum atomic E-state index is 11.1. The van der Waals surface area contributed by atoms with E-state index >= 15 is 0 Å². The Morgan fingerprint density at radius 1 is 1.50 bits per heavy atom. The number of hydrogen-bond donors (Lipinski definition) is 0. The van der Waals surface area contributed by atoms with E-state index in [1.165, 1.54) is 7.11 Å². The van der Waals surface area contributed by atoms with Gasteiger partial charge >= 0.3 is 5.97 Å². The van der Waals surface area contributed by atoms with Gasteiger partial charge in [0.05, 0.1) is 19.6 Å². The smallest absolute Gasteiger partial charge is 0.306 e. The molecular weight excluding hydrogens is 323 g/mol. The summed E-state index contributed by atoms with van der Waals surface area (Å²) < 4.78 is 15.8. The predicted molar refractivity (Wildman–Crippen MR) is 70.6 cm³/mol. The van der Waals surface area contributed by atoms with E-state index in [1.807, 2.05) is 0 Å². The van der Waals surface area contributed by atoms with Crippen molar-refractivity contribution >= 4 is 28.6 Å². The number of carbonyl (C=O) groups is 1. The summed E-state index contributed by atoms with van der Waals surface area (Å²) in [4.78, 5) is 11.1. The molecule has 0 N–H and O–H groups in total. The van der Waals surface area contributed by atoms with Crippen LogP contribution in [0.25, 0.3) is 0 Å². The highest BCUT2D eigenvalue weighted by Crippen LogP contribution is 2.17. The molecule has 2 atom stereocenters. The van der Waals surface area contributed by atoms with Crippen LogP contribution in [0, 0.1) is 5.92 Å². The maximum absolute atomic E-state index is 11.1. The molecule has 0 aromatic heterocycles. The molecule has 0 aliphatic heterocycles. The van der Waals surface area contributed by atoms with Crippen molar-refractivity contribution < 1.29 is 19.0 Å². The fraction of sp³-hybridized carbons (Fsp3) is 0.727. The van der Waals surface area contributed by atoms with Crippen molar-refractivity contribution in [3.8, 4) is 0 Å². The largest absolute Gasteiger partial charge is 0.469 e. The molecule has 94 valence electrons. The zero-order valence-electron chi connectivity index (χ0n) is 9.78. The van der Waals surface area contributed by atoms with E-state index in [1.54, 1.807) is 13.2 Å². The Balaban J connectivity index is 4.05. The molecule has 0 saturated heterocycles. The first kappa shape index (κ1) is 15.9. The summed E-state index contributed by atoms with van der Waals surface area (Å²) in [5, 5.41) is 0. The van der Waals surface area contributed by atoms with Crippen molar-refractivity contribution in [1.29, 1.82) is 0 Å². The Morgan fingerprint density at radius 2 is 2.19 bits per heavy atom. The molecule has 0 amide bonds. The predicted octanol–water partition coefficient (Wildman–Crippen LogP) is 2.17. The van der Waals surface area contributed by atoms with E-state index in [4.69, 9.17) is 9.47 Å². The third-order valence-corrected chi connectivity index (χ3v) is 3.13. The van der Waals surface area contributed by atoms with Crippen molar-refractivity contribution in [2.24, 2.45) is 5.92 Å². The Kier molecular flexibility index (Phi) is 9.95. The van der Waals surface area contributed by atoms with Crippen LogP contribution in [0.2, 0.25) is 0 Å². The van der Waals surface area contributed by atoms with Crippen LogP contribution >= 0.6 is 22.6 Å². The van der Waals surface area contributed by atoms with Crippen molar-refractivity contribution in [2.45, 2.75) is 18.9 Å². The minimum absolute atomic E-state index is 0.0770. The lowest BCUT2D eigenvalue weighted by Gasteiger charge is -2.19. The summed E-state index contributed by atoms with van der Waals surface area (Å²) in [6.45, 7) is 3.99. The number of hydrogen-bond acceptors (Lipinski definition) is 4. The lowest BCUT2D eigenvalue weighted by atomic mass is 9.99. The van der Waals surface area contributed by atoms with Crippen molar-refractivity contribution in [3.05, 3.63) is 12.7 Å². The molecule has 0 heterocycles. The average molecular weight is 342 g/mol. The van der Waals surface area contributed by atoms with Crippen LogP contribution in [0.3, 0.4) is 0 Å². The first-order valence-corrected chi connectivity index (χ1v) is 6.56. The lowest BCUT2D eigenvalue weighted by Crippen LogP contribution is -2.21. The Labute approximate surface area is 110 Å². The van der Waals surface area contributed by atoms with E-state index < -0.39 is 0 Å². The molecule has 0 aromatic carbocycles. The maximum Gasteiger partial charge on any atom is 0.306 e. The van der Waals surface area contributed by atoms with Crippen molar-refractivity contribution in [1.82, 2.24) is 0 Å². The molecule has 16 heavy (non-hydrogen) atoms. The molecule has 0 rings (SSSR count). The number of halogens is 1. The zero-order valence-corrected chi connectivity index (χ0v) is 11.9. The molecular formula is C11H19IO4. The molecule has 0 fully saturated rings. The normalized spacial score (nSPS) is 14.2. The summed E-state index contributed by atoms with van der Waals surface area (Å²) in [6.07, 6.45) is 2.95. The van der Waals surface area contributed by atoms with E-state index in [9.17, 15) is 4.79 Å². The minimum Gasteiger partial charge on any atom is -0.469 e. The summed E-state index contributed by atoms with van der Waals surface area (Å²) >= 11 is 2.25. The number of ether oxygens (including phenoxy) is 3. The monoisotopic (exact) mass is 342 g/mol. The van der Waals surface area contributed by atoms with Gasteiger partial charge in [-0.1, -0.05) is 28.7 Å². The number of allylic oxidation sites excluding steroid dienone is 1. The van der Waals surface area contributed by atoms with Crippen molar-refractivity contribution in [2.75, 3.05) is 25.4 Å². The molecule has 0 spiro atoms. The second-order valence-electron chi connectivity index (χ2n) is 3.36. The molecule has 0 aliphatic carbocycles. The van der Waals surface area contributed by atoms with Gasteiger partial charge in [-0.3, -0.25) is 4.79 Å². The first-order chi connectivity index (χ1) is 7.67. The van der Waals surface area contributed by atoms with E-state index in [-0.39, 0.29) is 24.8 Å². The molecule has 5 heteroatoms. The van der Waals surface area contributed by atoms with Gasteiger partial charge in [-0.2, -0.15) is 0 Å². The molecule has 0 aromatic rings. The number of carbonyl (C=O) groups excluding carboxylic acids is 1. The molecule has 0 saturated carbocycles. The third-order valence-electron chi connectivity index (χ3n) is 2.15. The van der Waals surface area contributed by atoms with Crippen LogP contribution in [-0.4, -0.2) is 37.5 Å². The summed E-state index contributed by atoms with van der Waals surface area (Å²) in [5.74, 6) is -0.132. The quantitative estimate of drug-likeness (QED) is 0.212. The van der Waals surface area contributed by atoms with Crippen LogP contribution in [0.15, 0.2) is 12.7 Å². The van der Waals surface area contributed by atoms with Gasteiger partial charge < -0.3 is 14.2 Å². The SMILES string of the molecule is C=C[C@@H](CC(=O)OC)C[C@@H](CI)OCOC. The van der Waals surface area contributed by atoms with Crippen molar-refractivity contribution in [3.63, 3.8) is 0 Å². The van der Waals surface area contributed by atoms with Gasteiger partial charge in [0, 0.05) is 11.5 Å². The van der Waals surface area contributed by atoms with Crippen LogP contribution in [-0.2, 0) is 19.0 Å². The van der Waals surface area contributed by atoms with Crippen LogP contribution < -0.4 is 0 Å².